The fourth-order valence-corrected chi connectivity index (χ4v) is 2.92. The minimum atomic E-state index is -0.758. The molecule has 1 aliphatic heterocycles. The Morgan fingerprint density at radius 2 is 2.05 bits per heavy atom. The van der Waals surface area contributed by atoms with Crippen LogP contribution in [0.2, 0.25) is 5.02 Å². The number of carbonyl (C=O) groups is 1. The predicted molar refractivity (Wildman–Crippen MR) is 80.0 cm³/mol. The van der Waals surface area contributed by atoms with E-state index < -0.39 is 5.97 Å². The molecule has 110 valence electrons. The summed E-state index contributed by atoms with van der Waals surface area (Å²) in [5.41, 5.74) is 1.16. The summed E-state index contributed by atoms with van der Waals surface area (Å²) >= 11 is 6.18. The smallest absolute Gasteiger partial charge is 0.317 e. The molecule has 1 aromatic rings. The molecule has 0 amide bonds. The van der Waals surface area contributed by atoms with Crippen molar-refractivity contribution in [1.82, 2.24) is 9.80 Å². The topological polar surface area (TPSA) is 43.8 Å². The highest BCUT2D eigenvalue weighted by Crippen LogP contribution is 2.21. The van der Waals surface area contributed by atoms with Crippen molar-refractivity contribution < 1.29 is 9.90 Å². The number of nitrogens with zero attached hydrogens (tertiary/aromatic N) is 2. The number of hydrogen-bond acceptors (Lipinski definition) is 3. The second kappa shape index (κ2) is 7.07. The number of likely N-dealkylation sites (tertiary alicyclic amines) is 1. The van der Waals surface area contributed by atoms with Crippen LogP contribution >= 0.6 is 11.6 Å². The first-order chi connectivity index (χ1) is 9.56. The number of likely N-dealkylation sites (N-methyl/N-ethyl adjacent to an activating group) is 1. The van der Waals surface area contributed by atoms with Gasteiger partial charge in [-0.2, -0.15) is 0 Å². The molecule has 0 aliphatic carbocycles. The van der Waals surface area contributed by atoms with Gasteiger partial charge in [-0.15, -0.1) is 0 Å². The molecule has 1 fully saturated rings. The summed E-state index contributed by atoms with van der Waals surface area (Å²) in [6.45, 7) is 2.96. The zero-order valence-corrected chi connectivity index (χ0v) is 12.5. The summed E-state index contributed by atoms with van der Waals surface area (Å²) in [7, 11) is 1.89. The number of carboxylic acids is 1. The molecule has 1 heterocycles. The number of halogens is 1. The maximum absolute atomic E-state index is 10.7. The maximum Gasteiger partial charge on any atom is 0.317 e. The van der Waals surface area contributed by atoms with Crippen LogP contribution in [0.1, 0.15) is 18.4 Å². The van der Waals surface area contributed by atoms with Crippen LogP contribution in [-0.4, -0.2) is 53.6 Å². The van der Waals surface area contributed by atoms with Crippen LogP contribution < -0.4 is 0 Å². The molecule has 1 N–H and O–H groups in total. The first kappa shape index (κ1) is 15.3. The molecule has 4 nitrogen and oxygen atoms in total. The Bertz CT molecular complexity index is 459. The van der Waals surface area contributed by atoms with Gasteiger partial charge in [0.15, 0.2) is 0 Å². The standard InChI is InChI=1S/C15H21ClN2O2/c1-17(11-15(19)20)13-6-8-18(9-7-13)10-12-4-2-3-5-14(12)16/h2-5,13H,6-11H2,1H3,(H,19,20). The van der Waals surface area contributed by atoms with Crippen molar-refractivity contribution >= 4 is 17.6 Å². The predicted octanol–water partition coefficient (Wildman–Crippen LogP) is 2.32. The van der Waals surface area contributed by atoms with Crippen LogP contribution in [-0.2, 0) is 11.3 Å². The summed E-state index contributed by atoms with van der Waals surface area (Å²) in [5.74, 6) is -0.758. The molecule has 1 aromatic carbocycles. The van der Waals surface area contributed by atoms with Gasteiger partial charge in [0, 0.05) is 17.6 Å². The number of carboxylic acid groups (broad SMARTS) is 1. The monoisotopic (exact) mass is 296 g/mol. The van der Waals surface area contributed by atoms with Crippen LogP contribution in [0.3, 0.4) is 0 Å². The van der Waals surface area contributed by atoms with Crippen LogP contribution in [0, 0.1) is 0 Å². The van der Waals surface area contributed by atoms with E-state index in [2.05, 4.69) is 11.0 Å². The van der Waals surface area contributed by atoms with E-state index in [0.717, 1.165) is 43.1 Å². The fraction of sp³-hybridized carbons (Fsp3) is 0.533. The summed E-state index contributed by atoms with van der Waals surface area (Å²) in [5, 5.41) is 9.64. The van der Waals surface area contributed by atoms with Gasteiger partial charge >= 0.3 is 5.97 Å². The lowest BCUT2D eigenvalue weighted by Crippen LogP contribution is -2.44. The van der Waals surface area contributed by atoms with E-state index in [-0.39, 0.29) is 6.54 Å². The van der Waals surface area contributed by atoms with Crippen molar-refractivity contribution in [3.05, 3.63) is 34.9 Å². The Labute approximate surface area is 124 Å². The molecule has 0 unspecified atom stereocenters. The first-order valence-electron chi connectivity index (χ1n) is 6.94. The fourth-order valence-electron chi connectivity index (χ4n) is 2.73. The van der Waals surface area contributed by atoms with E-state index in [1.807, 2.05) is 30.1 Å². The molecule has 0 saturated carbocycles. The zero-order chi connectivity index (χ0) is 14.5. The minimum absolute atomic E-state index is 0.120. The summed E-state index contributed by atoms with van der Waals surface area (Å²) in [6, 6.07) is 8.30. The number of aliphatic carboxylic acids is 1. The van der Waals surface area contributed by atoms with Gasteiger partial charge in [0.2, 0.25) is 0 Å². The van der Waals surface area contributed by atoms with E-state index in [9.17, 15) is 4.79 Å². The molecule has 0 aromatic heterocycles. The van der Waals surface area contributed by atoms with Gasteiger partial charge in [-0.3, -0.25) is 14.6 Å². The molecule has 0 spiro atoms. The number of benzene rings is 1. The summed E-state index contributed by atoms with van der Waals surface area (Å²) < 4.78 is 0. The molecular formula is C15H21ClN2O2. The lowest BCUT2D eigenvalue weighted by atomic mass is 10.0. The van der Waals surface area contributed by atoms with E-state index >= 15 is 0 Å². The van der Waals surface area contributed by atoms with Crippen molar-refractivity contribution in [2.24, 2.45) is 0 Å². The van der Waals surface area contributed by atoms with Gasteiger partial charge in [0.25, 0.3) is 0 Å². The zero-order valence-electron chi connectivity index (χ0n) is 11.8. The van der Waals surface area contributed by atoms with E-state index in [4.69, 9.17) is 16.7 Å². The Morgan fingerprint density at radius 1 is 1.40 bits per heavy atom. The molecule has 2 rings (SSSR count). The number of rotatable bonds is 5. The van der Waals surface area contributed by atoms with E-state index in [1.54, 1.807) is 0 Å². The Hall–Kier alpha value is -1.10. The van der Waals surface area contributed by atoms with Crippen molar-refractivity contribution in [2.45, 2.75) is 25.4 Å². The quantitative estimate of drug-likeness (QED) is 0.906. The number of piperidine rings is 1. The first-order valence-corrected chi connectivity index (χ1v) is 7.32. The van der Waals surface area contributed by atoms with Crippen molar-refractivity contribution in [3.8, 4) is 0 Å². The SMILES string of the molecule is CN(CC(=O)O)C1CCN(Cc2ccccc2Cl)CC1. The van der Waals surface area contributed by atoms with E-state index in [0.29, 0.717) is 6.04 Å². The highest BCUT2D eigenvalue weighted by molar-refractivity contribution is 6.31. The molecule has 1 aliphatic rings. The molecule has 0 bridgehead atoms. The van der Waals surface area contributed by atoms with Gasteiger partial charge in [0.1, 0.15) is 0 Å². The number of hydrogen-bond donors (Lipinski definition) is 1. The van der Waals surface area contributed by atoms with Crippen LogP contribution in [0.4, 0.5) is 0 Å². The molecule has 5 heteroatoms. The molecule has 0 radical (unpaired) electrons. The second-order valence-corrected chi connectivity index (χ2v) is 5.81. The van der Waals surface area contributed by atoms with E-state index in [1.165, 1.54) is 0 Å². The largest absolute Gasteiger partial charge is 0.480 e. The second-order valence-electron chi connectivity index (χ2n) is 5.41. The minimum Gasteiger partial charge on any atom is -0.480 e. The normalized spacial score (nSPS) is 17.6. The average Bonchev–Trinajstić information content (AvgIpc) is 2.41. The molecule has 20 heavy (non-hydrogen) atoms. The third-order valence-corrected chi connectivity index (χ3v) is 4.29. The molecule has 0 atom stereocenters. The summed E-state index contributed by atoms with van der Waals surface area (Å²) in [6.07, 6.45) is 2.02. The lowest BCUT2D eigenvalue weighted by molar-refractivity contribution is -0.138. The third-order valence-electron chi connectivity index (χ3n) is 3.92. The Balaban J connectivity index is 1.83. The van der Waals surface area contributed by atoms with Gasteiger partial charge in [-0.25, -0.2) is 0 Å². The molecule has 1 saturated heterocycles. The van der Waals surface area contributed by atoms with Gasteiger partial charge in [-0.1, -0.05) is 29.8 Å². The van der Waals surface area contributed by atoms with Crippen LogP contribution in [0.25, 0.3) is 0 Å². The Kier molecular flexibility index (Phi) is 5.40. The molecular weight excluding hydrogens is 276 g/mol. The highest BCUT2D eigenvalue weighted by atomic mass is 35.5. The van der Waals surface area contributed by atoms with Crippen molar-refractivity contribution in [1.29, 1.82) is 0 Å². The van der Waals surface area contributed by atoms with Crippen LogP contribution in [0.5, 0.6) is 0 Å². The van der Waals surface area contributed by atoms with Crippen LogP contribution in [0.15, 0.2) is 24.3 Å². The third kappa shape index (κ3) is 4.20. The summed E-state index contributed by atoms with van der Waals surface area (Å²) in [4.78, 5) is 15.0. The van der Waals surface area contributed by atoms with Gasteiger partial charge < -0.3 is 5.11 Å². The van der Waals surface area contributed by atoms with Crippen molar-refractivity contribution in [2.75, 3.05) is 26.7 Å². The lowest BCUT2D eigenvalue weighted by Gasteiger charge is -2.36. The maximum atomic E-state index is 10.7. The van der Waals surface area contributed by atoms with Crippen molar-refractivity contribution in [3.63, 3.8) is 0 Å². The van der Waals surface area contributed by atoms with Gasteiger partial charge in [0.05, 0.1) is 6.54 Å². The Morgan fingerprint density at radius 3 is 2.65 bits per heavy atom. The average molecular weight is 297 g/mol. The highest BCUT2D eigenvalue weighted by Gasteiger charge is 2.23. The van der Waals surface area contributed by atoms with Gasteiger partial charge in [-0.05, 0) is 44.6 Å².